The van der Waals surface area contributed by atoms with E-state index < -0.39 is 6.10 Å². The average molecular weight is 314 g/mol. The van der Waals surface area contributed by atoms with Crippen molar-refractivity contribution in [2.24, 2.45) is 0 Å². The van der Waals surface area contributed by atoms with Crippen molar-refractivity contribution in [1.82, 2.24) is 0 Å². The summed E-state index contributed by atoms with van der Waals surface area (Å²) in [5.74, 6) is 0. The summed E-state index contributed by atoms with van der Waals surface area (Å²) >= 11 is 1.28. The number of thiophene rings is 1. The van der Waals surface area contributed by atoms with Crippen LogP contribution in [0.25, 0.3) is 0 Å². The Bertz CT molecular complexity index is 535. The number of rotatable bonds is 3. The van der Waals surface area contributed by atoms with Gasteiger partial charge in [-0.25, -0.2) is 0 Å². The monoisotopic (exact) mass is 314 g/mol. The Morgan fingerprint density at radius 1 is 1.38 bits per heavy atom. The number of aliphatic hydroxyl groups is 1. The molecule has 0 aliphatic carbocycles. The van der Waals surface area contributed by atoms with Crippen molar-refractivity contribution in [2.75, 3.05) is 18.0 Å². The molecule has 7 heteroatoms. The molecule has 1 saturated heterocycles. The maximum atomic E-state index is 11.3. The summed E-state index contributed by atoms with van der Waals surface area (Å²) in [6, 6.07) is 1.47. The highest BCUT2D eigenvalue weighted by molar-refractivity contribution is 7.16. The Hall–Kier alpha value is -1.18. The van der Waals surface area contributed by atoms with Crippen LogP contribution in [0.15, 0.2) is 6.07 Å². The molecule has 118 valence electrons. The maximum Gasteiger partial charge on any atom is 0.304 e. The minimum atomic E-state index is -0.704. The van der Waals surface area contributed by atoms with E-state index in [-0.39, 0.29) is 21.8 Å². The van der Waals surface area contributed by atoms with E-state index in [9.17, 15) is 15.2 Å². The van der Waals surface area contributed by atoms with Gasteiger partial charge in [-0.2, -0.15) is 0 Å². The highest BCUT2D eigenvalue weighted by Crippen LogP contribution is 2.43. The van der Waals surface area contributed by atoms with Gasteiger partial charge >= 0.3 is 5.69 Å². The number of nitrogens with zero attached hydrogens (tertiary/aromatic N) is 2. The fourth-order valence-electron chi connectivity index (χ4n) is 2.88. The van der Waals surface area contributed by atoms with Crippen LogP contribution in [0.2, 0.25) is 0 Å². The number of aliphatic hydroxyl groups excluding tert-OH is 1. The van der Waals surface area contributed by atoms with Gasteiger partial charge < -0.3 is 14.7 Å². The summed E-state index contributed by atoms with van der Waals surface area (Å²) in [5, 5.41) is 21.6. The fraction of sp³-hybridized carbons (Fsp3) is 0.714. The van der Waals surface area contributed by atoms with E-state index in [2.05, 4.69) is 0 Å². The highest BCUT2D eigenvalue weighted by atomic mass is 32.1. The lowest BCUT2D eigenvalue weighted by atomic mass is 9.99. The predicted molar refractivity (Wildman–Crippen MR) is 83.1 cm³/mol. The van der Waals surface area contributed by atoms with Crippen LogP contribution in [0.1, 0.15) is 45.6 Å². The van der Waals surface area contributed by atoms with Gasteiger partial charge in [-0.1, -0.05) is 0 Å². The molecule has 6 nitrogen and oxygen atoms in total. The summed E-state index contributed by atoms with van der Waals surface area (Å²) in [5.41, 5.74) is -0.709. The van der Waals surface area contributed by atoms with Crippen molar-refractivity contribution in [3.8, 4) is 0 Å². The van der Waals surface area contributed by atoms with E-state index in [1.54, 1.807) is 6.92 Å². The molecule has 1 aliphatic rings. The van der Waals surface area contributed by atoms with Crippen LogP contribution < -0.4 is 4.90 Å². The third-order valence-corrected chi connectivity index (χ3v) is 4.66. The molecule has 0 unspecified atom stereocenters. The predicted octanol–water partition coefficient (Wildman–Crippen LogP) is 3.10. The molecule has 0 spiro atoms. The second kappa shape index (κ2) is 5.23. The summed E-state index contributed by atoms with van der Waals surface area (Å²) in [6.07, 6.45) is -0.704. The fourth-order valence-corrected chi connectivity index (χ4v) is 3.94. The number of nitro groups is 1. The Morgan fingerprint density at radius 3 is 2.33 bits per heavy atom. The number of hydrogen-bond donors (Lipinski definition) is 1. The molecule has 1 aliphatic heterocycles. The molecule has 2 heterocycles. The summed E-state index contributed by atoms with van der Waals surface area (Å²) < 4.78 is 6.01. The van der Waals surface area contributed by atoms with Crippen LogP contribution in [-0.2, 0) is 4.74 Å². The molecular weight excluding hydrogens is 292 g/mol. The lowest BCUT2D eigenvalue weighted by molar-refractivity contribution is -0.383. The summed E-state index contributed by atoms with van der Waals surface area (Å²) in [6.45, 7) is 10.7. The normalized spacial score (nSPS) is 22.1. The number of morpholine rings is 1. The first-order chi connectivity index (χ1) is 9.51. The van der Waals surface area contributed by atoms with Gasteiger partial charge in [0.1, 0.15) is 0 Å². The van der Waals surface area contributed by atoms with Gasteiger partial charge in [0, 0.05) is 24.0 Å². The molecule has 0 amide bonds. The van der Waals surface area contributed by atoms with E-state index in [0.29, 0.717) is 23.0 Å². The third kappa shape index (κ3) is 3.53. The van der Waals surface area contributed by atoms with Crippen LogP contribution in [-0.4, -0.2) is 34.3 Å². The maximum absolute atomic E-state index is 11.3. The highest BCUT2D eigenvalue weighted by Gasteiger charge is 2.40. The zero-order chi connectivity index (χ0) is 16.0. The molecule has 0 saturated carbocycles. The summed E-state index contributed by atoms with van der Waals surface area (Å²) in [7, 11) is 0. The molecular formula is C14H22N2O4S. The second-order valence-corrected chi connectivity index (χ2v) is 7.81. The minimum Gasteiger partial charge on any atom is -0.388 e. The molecule has 1 aromatic heterocycles. The molecule has 0 aromatic carbocycles. The molecule has 1 fully saturated rings. The largest absolute Gasteiger partial charge is 0.388 e. The van der Waals surface area contributed by atoms with Crippen LogP contribution in [0.5, 0.6) is 0 Å². The minimum absolute atomic E-state index is 0.0596. The molecule has 0 bridgehead atoms. The molecule has 1 aromatic rings. The van der Waals surface area contributed by atoms with Crippen LogP contribution in [0.3, 0.4) is 0 Å². The first-order valence-electron chi connectivity index (χ1n) is 6.92. The zero-order valence-electron chi connectivity index (χ0n) is 13.0. The van der Waals surface area contributed by atoms with Crippen molar-refractivity contribution in [3.63, 3.8) is 0 Å². The van der Waals surface area contributed by atoms with Gasteiger partial charge in [-0.3, -0.25) is 10.1 Å². The van der Waals surface area contributed by atoms with Crippen LogP contribution in [0, 0.1) is 10.1 Å². The lowest BCUT2D eigenvalue weighted by Crippen LogP contribution is -2.57. The molecule has 1 N–H and O–H groups in total. The van der Waals surface area contributed by atoms with E-state index in [1.165, 1.54) is 17.4 Å². The molecule has 2 rings (SSSR count). The van der Waals surface area contributed by atoms with Crippen LogP contribution in [0.4, 0.5) is 10.7 Å². The Kier molecular flexibility index (Phi) is 4.03. The van der Waals surface area contributed by atoms with Crippen molar-refractivity contribution in [1.29, 1.82) is 0 Å². The van der Waals surface area contributed by atoms with Crippen molar-refractivity contribution >= 4 is 22.0 Å². The van der Waals surface area contributed by atoms with Gasteiger partial charge in [0.15, 0.2) is 5.00 Å². The number of hydrogen-bond acceptors (Lipinski definition) is 6. The van der Waals surface area contributed by atoms with E-state index in [1.807, 2.05) is 32.6 Å². The molecule has 21 heavy (non-hydrogen) atoms. The average Bonchev–Trinajstić information content (AvgIpc) is 2.69. The van der Waals surface area contributed by atoms with Gasteiger partial charge in [-0.15, -0.1) is 11.3 Å². The molecule has 1 atom stereocenters. The van der Waals surface area contributed by atoms with Crippen molar-refractivity contribution in [2.45, 2.75) is 51.9 Å². The topological polar surface area (TPSA) is 75.8 Å². The first kappa shape index (κ1) is 16.2. The SMILES string of the molecule is C[C@@H](O)c1cc([N+](=O)[O-])c(N2CC(C)(C)OC(C)(C)C2)s1. The van der Waals surface area contributed by atoms with E-state index in [4.69, 9.17) is 4.74 Å². The van der Waals surface area contributed by atoms with Gasteiger partial charge in [-0.05, 0) is 34.6 Å². The van der Waals surface area contributed by atoms with Gasteiger partial charge in [0.05, 0.1) is 22.2 Å². The standard InChI is InChI=1S/C14H22N2O4S/c1-9(17)11-6-10(16(18)19)12(21-11)15-7-13(2,3)20-14(4,5)8-15/h6,9,17H,7-8H2,1-5H3/t9-/m1/s1. The molecule has 0 radical (unpaired) electrons. The Morgan fingerprint density at radius 2 is 1.90 bits per heavy atom. The smallest absolute Gasteiger partial charge is 0.304 e. The summed E-state index contributed by atoms with van der Waals surface area (Å²) in [4.78, 5) is 13.5. The van der Waals surface area contributed by atoms with Gasteiger partial charge in [0.25, 0.3) is 0 Å². The first-order valence-corrected chi connectivity index (χ1v) is 7.74. The third-order valence-electron chi connectivity index (χ3n) is 3.30. The second-order valence-electron chi connectivity index (χ2n) is 6.75. The van der Waals surface area contributed by atoms with Gasteiger partial charge in [0.2, 0.25) is 0 Å². The van der Waals surface area contributed by atoms with Crippen molar-refractivity contribution < 1.29 is 14.8 Å². The number of anilines is 1. The number of ether oxygens (including phenoxy) is 1. The zero-order valence-corrected chi connectivity index (χ0v) is 13.9. The van der Waals surface area contributed by atoms with E-state index in [0.717, 1.165) is 0 Å². The van der Waals surface area contributed by atoms with Crippen molar-refractivity contribution in [3.05, 3.63) is 21.1 Å². The quantitative estimate of drug-likeness (QED) is 0.685. The van der Waals surface area contributed by atoms with Crippen LogP contribution >= 0.6 is 11.3 Å². The lowest BCUT2D eigenvalue weighted by Gasteiger charge is -2.47. The Balaban J connectivity index is 2.42. The Labute approximate surface area is 128 Å². The van der Waals surface area contributed by atoms with E-state index >= 15 is 0 Å².